The molecule has 9 nitrogen and oxygen atoms in total. The molecule has 2 aromatic carbocycles. The van der Waals surface area contributed by atoms with Crippen LogP contribution in [0.15, 0.2) is 47.4 Å². The fraction of sp³-hybridized carbons (Fsp3) is 0.357. The monoisotopic (exact) mass is 540 g/mol. The average molecular weight is 541 g/mol. The number of amides is 3. The van der Waals surface area contributed by atoms with Crippen LogP contribution in [0, 0.1) is 0 Å². The summed E-state index contributed by atoms with van der Waals surface area (Å²) >= 11 is 0.748. The van der Waals surface area contributed by atoms with E-state index < -0.39 is 23.7 Å². The van der Waals surface area contributed by atoms with Crippen molar-refractivity contribution in [2.45, 2.75) is 39.5 Å². The van der Waals surface area contributed by atoms with Crippen LogP contribution < -0.4 is 14.8 Å². The molecule has 0 saturated carbocycles. The van der Waals surface area contributed by atoms with Crippen LogP contribution in [0.4, 0.5) is 10.5 Å². The molecule has 10 heteroatoms. The van der Waals surface area contributed by atoms with Crippen molar-refractivity contribution in [3.05, 3.63) is 58.5 Å². The molecule has 1 N–H and O–H groups in total. The first-order chi connectivity index (χ1) is 18.2. The molecule has 0 atom stereocenters. The number of rotatable bonds is 12. The summed E-state index contributed by atoms with van der Waals surface area (Å²) in [5, 5.41) is 2.34. The molecule has 202 valence electrons. The highest BCUT2D eigenvalue weighted by Gasteiger charge is 2.36. The lowest BCUT2D eigenvalue weighted by molar-refractivity contribution is -0.146. The first kappa shape index (κ1) is 28.8. The summed E-state index contributed by atoms with van der Waals surface area (Å²) in [5.74, 6) is -0.549. The molecule has 1 saturated heterocycles. The third-order valence-electron chi connectivity index (χ3n) is 5.62. The Balaban J connectivity index is 1.63. The molecule has 0 aromatic heterocycles. The fourth-order valence-corrected chi connectivity index (χ4v) is 4.47. The van der Waals surface area contributed by atoms with Gasteiger partial charge in [-0.25, -0.2) is 0 Å². The number of carbonyl (C=O) groups is 4. The molecular formula is C28H32N2O7S. The van der Waals surface area contributed by atoms with Gasteiger partial charge in [0.25, 0.3) is 17.1 Å². The normalized spacial score (nSPS) is 14.2. The molecule has 3 rings (SSSR count). The summed E-state index contributed by atoms with van der Waals surface area (Å²) in [6.45, 7) is 5.67. The second kappa shape index (κ2) is 13.7. The van der Waals surface area contributed by atoms with Gasteiger partial charge in [0.15, 0.2) is 18.1 Å². The molecule has 0 radical (unpaired) electrons. The van der Waals surface area contributed by atoms with E-state index in [9.17, 15) is 19.2 Å². The molecule has 3 amide bonds. The smallest absolute Gasteiger partial charge is 0.326 e. The number of hydrogen-bond donors (Lipinski definition) is 1. The number of para-hydroxylation sites is 1. The Morgan fingerprint density at radius 2 is 1.87 bits per heavy atom. The molecule has 0 aliphatic carbocycles. The summed E-state index contributed by atoms with van der Waals surface area (Å²) in [4.78, 5) is 50.5. The molecule has 1 aliphatic rings. The molecule has 1 aliphatic heterocycles. The lowest BCUT2D eigenvalue weighted by atomic mass is 10.0. The van der Waals surface area contributed by atoms with Crippen molar-refractivity contribution in [1.82, 2.24) is 4.90 Å². The van der Waals surface area contributed by atoms with E-state index in [1.165, 1.54) is 13.2 Å². The Morgan fingerprint density at radius 3 is 2.58 bits per heavy atom. The number of nitrogens with one attached hydrogen (secondary N) is 1. The minimum absolute atomic E-state index is 0.176. The first-order valence-corrected chi connectivity index (χ1v) is 13.2. The van der Waals surface area contributed by atoms with E-state index in [0.717, 1.165) is 34.3 Å². The summed E-state index contributed by atoms with van der Waals surface area (Å²) in [7, 11) is 1.46. The van der Waals surface area contributed by atoms with E-state index in [0.29, 0.717) is 23.5 Å². The van der Waals surface area contributed by atoms with Crippen LogP contribution in [0.3, 0.4) is 0 Å². The molecule has 1 heterocycles. The van der Waals surface area contributed by atoms with Gasteiger partial charge < -0.3 is 19.5 Å². The number of carbonyl (C=O) groups excluding carboxylic acids is 4. The standard InChI is InChI=1S/C28H32N2O7S/c1-5-6-13-36-26(32)16-30-27(33)24(38-28(30)34)15-19-11-12-22(23(14-19)35-4)37-17-25(31)29-21-10-8-7-9-20(21)18(2)3/h7-12,14-15,18H,5-6,13,16-17H2,1-4H3,(H,29,31)/b24-15-. The number of unbranched alkanes of at least 4 members (excludes halogenated alkanes) is 1. The molecule has 2 aromatic rings. The maximum atomic E-state index is 12.7. The van der Waals surface area contributed by atoms with Crippen LogP contribution in [0.2, 0.25) is 0 Å². The number of hydrogen-bond acceptors (Lipinski definition) is 8. The van der Waals surface area contributed by atoms with E-state index in [1.807, 2.05) is 31.2 Å². The number of methoxy groups -OCH3 is 1. The second-order valence-electron chi connectivity index (χ2n) is 8.83. The highest BCUT2D eigenvalue weighted by atomic mass is 32.2. The van der Waals surface area contributed by atoms with Gasteiger partial charge in [-0.1, -0.05) is 51.5 Å². The topological polar surface area (TPSA) is 111 Å². The zero-order chi connectivity index (χ0) is 27.7. The maximum absolute atomic E-state index is 12.7. The molecule has 1 fully saturated rings. The summed E-state index contributed by atoms with van der Waals surface area (Å²) < 4.78 is 16.1. The van der Waals surface area contributed by atoms with Crippen molar-refractivity contribution in [2.24, 2.45) is 0 Å². The van der Waals surface area contributed by atoms with E-state index in [2.05, 4.69) is 19.2 Å². The lowest BCUT2D eigenvalue weighted by Gasteiger charge is -2.15. The predicted octanol–water partition coefficient (Wildman–Crippen LogP) is 5.22. The van der Waals surface area contributed by atoms with Crippen LogP contribution in [-0.2, 0) is 19.1 Å². The molecular weight excluding hydrogens is 508 g/mol. The Hall–Kier alpha value is -3.79. The lowest BCUT2D eigenvalue weighted by Crippen LogP contribution is -2.34. The third-order valence-corrected chi connectivity index (χ3v) is 6.53. The minimum atomic E-state index is -0.623. The largest absolute Gasteiger partial charge is 0.493 e. The van der Waals surface area contributed by atoms with Gasteiger partial charge in [0.05, 0.1) is 18.6 Å². The van der Waals surface area contributed by atoms with Crippen LogP contribution in [0.1, 0.15) is 50.7 Å². The van der Waals surface area contributed by atoms with Crippen LogP contribution >= 0.6 is 11.8 Å². The number of benzene rings is 2. The minimum Gasteiger partial charge on any atom is -0.493 e. The number of esters is 1. The number of nitrogens with zero attached hydrogens (tertiary/aromatic N) is 1. The number of anilines is 1. The first-order valence-electron chi connectivity index (χ1n) is 12.3. The van der Waals surface area contributed by atoms with E-state index in [1.54, 1.807) is 18.2 Å². The molecule has 0 spiro atoms. The Labute approximate surface area is 226 Å². The van der Waals surface area contributed by atoms with Crippen molar-refractivity contribution >= 4 is 46.5 Å². The summed E-state index contributed by atoms with van der Waals surface area (Å²) in [5.41, 5.74) is 2.35. The third kappa shape index (κ3) is 7.61. The predicted molar refractivity (Wildman–Crippen MR) is 146 cm³/mol. The highest BCUT2D eigenvalue weighted by molar-refractivity contribution is 8.18. The average Bonchev–Trinajstić information content (AvgIpc) is 3.15. The zero-order valence-electron chi connectivity index (χ0n) is 21.9. The van der Waals surface area contributed by atoms with Gasteiger partial charge >= 0.3 is 5.97 Å². The van der Waals surface area contributed by atoms with Gasteiger partial charge in [-0.3, -0.25) is 24.1 Å². The number of ether oxygens (including phenoxy) is 3. The SMILES string of the molecule is CCCCOC(=O)CN1C(=O)S/C(=C\c2ccc(OCC(=O)Nc3ccccc3C(C)C)c(OC)c2)C1=O. The van der Waals surface area contributed by atoms with Crippen molar-refractivity contribution < 1.29 is 33.4 Å². The number of thioether (sulfide) groups is 1. The Kier molecular flexibility index (Phi) is 10.3. The van der Waals surface area contributed by atoms with Gasteiger partial charge in [-0.05, 0) is 59.5 Å². The molecule has 0 unspecified atom stereocenters. The van der Waals surface area contributed by atoms with Crippen molar-refractivity contribution in [2.75, 3.05) is 32.2 Å². The highest BCUT2D eigenvalue weighted by Crippen LogP contribution is 2.34. The zero-order valence-corrected chi connectivity index (χ0v) is 22.8. The van der Waals surface area contributed by atoms with Crippen molar-refractivity contribution in [1.29, 1.82) is 0 Å². The summed E-state index contributed by atoms with van der Waals surface area (Å²) in [6.07, 6.45) is 3.12. The van der Waals surface area contributed by atoms with Crippen LogP contribution in [-0.4, -0.2) is 54.8 Å². The van der Waals surface area contributed by atoms with Gasteiger partial charge in [0.2, 0.25) is 0 Å². The maximum Gasteiger partial charge on any atom is 0.326 e. The van der Waals surface area contributed by atoms with Gasteiger partial charge in [0.1, 0.15) is 6.54 Å². The summed E-state index contributed by atoms with van der Waals surface area (Å²) in [6, 6.07) is 12.5. The number of imide groups is 1. The Bertz CT molecular complexity index is 1230. The van der Waals surface area contributed by atoms with E-state index in [-0.39, 0.29) is 29.9 Å². The van der Waals surface area contributed by atoms with E-state index in [4.69, 9.17) is 14.2 Å². The van der Waals surface area contributed by atoms with Crippen molar-refractivity contribution in [3.8, 4) is 11.5 Å². The van der Waals surface area contributed by atoms with Crippen LogP contribution in [0.25, 0.3) is 6.08 Å². The van der Waals surface area contributed by atoms with Gasteiger partial charge in [0, 0.05) is 5.69 Å². The molecule has 0 bridgehead atoms. The van der Waals surface area contributed by atoms with E-state index >= 15 is 0 Å². The van der Waals surface area contributed by atoms with Crippen molar-refractivity contribution in [3.63, 3.8) is 0 Å². The quantitative estimate of drug-likeness (QED) is 0.222. The van der Waals surface area contributed by atoms with Gasteiger partial charge in [-0.2, -0.15) is 0 Å². The fourth-order valence-electron chi connectivity index (χ4n) is 3.63. The van der Waals surface area contributed by atoms with Gasteiger partial charge in [-0.15, -0.1) is 0 Å². The Morgan fingerprint density at radius 1 is 1.11 bits per heavy atom. The van der Waals surface area contributed by atoms with Crippen LogP contribution in [0.5, 0.6) is 11.5 Å². The molecule has 38 heavy (non-hydrogen) atoms. The second-order valence-corrected chi connectivity index (χ2v) is 9.82.